The smallest absolute Gasteiger partial charge is 0.251 e. The summed E-state index contributed by atoms with van der Waals surface area (Å²) in [5.74, 6) is -1.02. The van der Waals surface area contributed by atoms with Crippen molar-refractivity contribution in [3.8, 4) is 0 Å². The number of anilines is 1. The Labute approximate surface area is 129 Å². The van der Waals surface area contributed by atoms with Gasteiger partial charge in [0.15, 0.2) is 0 Å². The Morgan fingerprint density at radius 2 is 1.77 bits per heavy atom. The number of benzene rings is 1. The molecule has 0 aliphatic heterocycles. The number of unbranched alkanes of at least 4 members (excludes halogenated alkanes) is 1. The van der Waals surface area contributed by atoms with Gasteiger partial charge < -0.3 is 22.1 Å². The number of nitrogens with one attached hydrogen (secondary N) is 2. The van der Waals surface area contributed by atoms with E-state index in [9.17, 15) is 14.4 Å². The Morgan fingerprint density at radius 1 is 1.14 bits per heavy atom. The third-order valence-electron chi connectivity index (χ3n) is 3.10. The molecule has 0 aliphatic carbocycles. The van der Waals surface area contributed by atoms with Crippen molar-refractivity contribution < 1.29 is 14.4 Å². The van der Waals surface area contributed by atoms with Crippen LogP contribution in [-0.4, -0.2) is 30.3 Å². The molecule has 3 amide bonds. The van der Waals surface area contributed by atoms with Crippen LogP contribution >= 0.6 is 0 Å². The van der Waals surface area contributed by atoms with Crippen LogP contribution in [0, 0.1) is 0 Å². The van der Waals surface area contributed by atoms with Crippen LogP contribution in [0.1, 0.15) is 36.5 Å². The lowest BCUT2D eigenvalue weighted by Gasteiger charge is -2.14. The van der Waals surface area contributed by atoms with E-state index < -0.39 is 11.9 Å². The molecule has 0 spiro atoms. The highest BCUT2D eigenvalue weighted by Crippen LogP contribution is 2.05. The molecule has 0 unspecified atom stereocenters. The zero-order valence-electron chi connectivity index (χ0n) is 12.6. The van der Waals surface area contributed by atoms with Crippen LogP contribution < -0.4 is 22.1 Å². The quantitative estimate of drug-likeness (QED) is 0.403. The number of primary amides is 1. The van der Waals surface area contributed by atoms with E-state index in [0.29, 0.717) is 37.1 Å². The lowest BCUT2D eigenvalue weighted by atomic mass is 10.1. The highest BCUT2D eigenvalue weighted by molar-refractivity contribution is 5.94. The molecular formula is C15H22N4O3. The number of hydrogen-bond donors (Lipinski definition) is 4. The van der Waals surface area contributed by atoms with Crippen molar-refractivity contribution in [2.24, 2.45) is 5.73 Å². The van der Waals surface area contributed by atoms with Crippen LogP contribution in [0.25, 0.3) is 0 Å². The fourth-order valence-corrected chi connectivity index (χ4v) is 1.94. The van der Waals surface area contributed by atoms with Crippen LogP contribution in [-0.2, 0) is 9.59 Å². The molecular weight excluding hydrogens is 284 g/mol. The first kappa shape index (κ1) is 17.5. The molecule has 22 heavy (non-hydrogen) atoms. The van der Waals surface area contributed by atoms with Gasteiger partial charge in [-0.2, -0.15) is 0 Å². The number of carbonyl (C=O) groups excluding carboxylic acids is 3. The molecule has 0 saturated heterocycles. The van der Waals surface area contributed by atoms with E-state index in [-0.39, 0.29) is 11.8 Å². The van der Waals surface area contributed by atoms with Crippen molar-refractivity contribution in [2.45, 2.75) is 32.2 Å². The molecule has 1 rings (SSSR count). The number of hydrogen-bond acceptors (Lipinski definition) is 4. The Kier molecular flexibility index (Phi) is 6.88. The first-order valence-corrected chi connectivity index (χ1v) is 7.10. The second-order valence-electron chi connectivity index (χ2n) is 5.03. The van der Waals surface area contributed by atoms with E-state index in [2.05, 4.69) is 10.6 Å². The summed E-state index contributed by atoms with van der Waals surface area (Å²) in [5.41, 5.74) is 11.9. The maximum Gasteiger partial charge on any atom is 0.251 e. The van der Waals surface area contributed by atoms with Crippen LogP contribution in [0.3, 0.4) is 0 Å². The summed E-state index contributed by atoms with van der Waals surface area (Å²) >= 11 is 0. The van der Waals surface area contributed by atoms with E-state index in [1.54, 1.807) is 24.3 Å². The normalized spacial score (nSPS) is 11.5. The van der Waals surface area contributed by atoms with Crippen molar-refractivity contribution in [2.75, 3.05) is 12.3 Å². The van der Waals surface area contributed by atoms with E-state index >= 15 is 0 Å². The van der Waals surface area contributed by atoms with Crippen molar-refractivity contribution in [3.63, 3.8) is 0 Å². The van der Waals surface area contributed by atoms with Crippen molar-refractivity contribution >= 4 is 23.4 Å². The molecule has 7 heteroatoms. The summed E-state index contributed by atoms with van der Waals surface area (Å²) in [5, 5.41) is 5.28. The minimum Gasteiger partial charge on any atom is -0.399 e. The van der Waals surface area contributed by atoms with Crippen molar-refractivity contribution in [3.05, 3.63) is 29.8 Å². The van der Waals surface area contributed by atoms with Gasteiger partial charge in [-0.3, -0.25) is 14.4 Å². The van der Waals surface area contributed by atoms with E-state index in [1.807, 2.05) is 0 Å². The fraction of sp³-hybridized carbons (Fsp3) is 0.400. The number of rotatable bonds is 8. The van der Waals surface area contributed by atoms with E-state index in [0.717, 1.165) is 0 Å². The third-order valence-corrected chi connectivity index (χ3v) is 3.10. The summed E-state index contributed by atoms with van der Waals surface area (Å²) in [6, 6.07) is 5.99. The molecule has 0 heterocycles. The lowest BCUT2D eigenvalue weighted by Crippen LogP contribution is -2.43. The number of nitrogens with two attached hydrogens (primary N) is 2. The monoisotopic (exact) mass is 306 g/mol. The summed E-state index contributed by atoms with van der Waals surface area (Å²) in [6.45, 7) is 1.82. The molecule has 0 radical (unpaired) electrons. The Balaban J connectivity index is 2.27. The molecule has 1 aromatic rings. The molecule has 120 valence electrons. The molecule has 1 atom stereocenters. The Hall–Kier alpha value is -2.57. The summed E-state index contributed by atoms with van der Waals surface area (Å²) in [6.07, 6.45) is 1.80. The SMILES string of the molecule is CC(=O)N[C@@H](CCCCNC(=O)c1ccc(N)cc1)C(N)=O. The van der Waals surface area contributed by atoms with Gasteiger partial charge >= 0.3 is 0 Å². The van der Waals surface area contributed by atoms with Gasteiger partial charge in [0.25, 0.3) is 5.91 Å². The first-order chi connectivity index (χ1) is 10.4. The maximum absolute atomic E-state index is 11.8. The molecule has 0 aliphatic rings. The third kappa shape index (κ3) is 6.25. The highest BCUT2D eigenvalue weighted by Gasteiger charge is 2.15. The summed E-state index contributed by atoms with van der Waals surface area (Å²) in [7, 11) is 0. The average molecular weight is 306 g/mol. The standard InChI is InChI=1S/C15H22N4O3/c1-10(20)19-13(14(17)21)4-2-3-9-18-15(22)11-5-7-12(16)8-6-11/h5-8,13H,2-4,9,16H2,1H3,(H2,17,21)(H,18,22)(H,19,20)/t13-/m0/s1. The second kappa shape index (κ2) is 8.66. The molecule has 6 N–H and O–H groups in total. The number of carbonyl (C=O) groups is 3. The fourth-order valence-electron chi connectivity index (χ4n) is 1.94. The van der Waals surface area contributed by atoms with Gasteiger partial charge in [-0.05, 0) is 43.5 Å². The molecule has 0 saturated carbocycles. The zero-order valence-corrected chi connectivity index (χ0v) is 12.6. The van der Waals surface area contributed by atoms with Gasteiger partial charge in [-0.15, -0.1) is 0 Å². The van der Waals surface area contributed by atoms with Crippen molar-refractivity contribution in [1.29, 1.82) is 0 Å². The zero-order chi connectivity index (χ0) is 16.5. The molecule has 7 nitrogen and oxygen atoms in total. The Morgan fingerprint density at radius 3 is 2.32 bits per heavy atom. The topological polar surface area (TPSA) is 127 Å². The minimum atomic E-state index is -0.662. The number of nitrogen functional groups attached to an aromatic ring is 1. The predicted octanol–water partition coefficient (Wildman–Crippen LogP) is 0.159. The van der Waals surface area contributed by atoms with Gasteiger partial charge in [0.05, 0.1) is 0 Å². The highest BCUT2D eigenvalue weighted by atomic mass is 16.2. The predicted molar refractivity (Wildman–Crippen MR) is 83.8 cm³/mol. The molecule has 0 bridgehead atoms. The average Bonchev–Trinajstić information content (AvgIpc) is 2.45. The van der Waals surface area contributed by atoms with Gasteiger partial charge in [0.1, 0.15) is 6.04 Å². The lowest BCUT2D eigenvalue weighted by molar-refractivity contribution is -0.126. The molecule has 0 fully saturated rings. The summed E-state index contributed by atoms with van der Waals surface area (Å²) < 4.78 is 0. The van der Waals surface area contributed by atoms with Gasteiger partial charge in [0, 0.05) is 24.7 Å². The largest absolute Gasteiger partial charge is 0.399 e. The van der Waals surface area contributed by atoms with Gasteiger partial charge in [0.2, 0.25) is 11.8 Å². The minimum absolute atomic E-state index is 0.173. The number of amides is 3. The van der Waals surface area contributed by atoms with Crippen LogP contribution in [0.15, 0.2) is 24.3 Å². The van der Waals surface area contributed by atoms with E-state index in [1.165, 1.54) is 6.92 Å². The van der Waals surface area contributed by atoms with Crippen molar-refractivity contribution in [1.82, 2.24) is 10.6 Å². The molecule has 1 aromatic carbocycles. The first-order valence-electron chi connectivity index (χ1n) is 7.10. The van der Waals surface area contributed by atoms with Crippen LogP contribution in [0.5, 0.6) is 0 Å². The van der Waals surface area contributed by atoms with Crippen LogP contribution in [0.4, 0.5) is 5.69 Å². The maximum atomic E-state index is 11.8. The van der Waals surface area contributed by atoms with Gasteiger partial charge in [-0.25, -0.2) is 0 Å². The van der Waals surface area contributed by atoms with Gasteiger partial charge in [-0.1, -0.05) is 0 Å². The van der Waals surface area contributed by atoms with E-state index in [4.69, 9.17) is 11.5 Å². The molecule has 0 aromatic heterocycles. The Bertz CT molecular complexity index is 528. The second-order valence-corrected chi connectivity index (χ2v) is 5.03. The summed E-state index contributed by atoms with van der Waals surface area (Å²) in [4.78, 5) is 33.9. The van der Waals surface area contributed by atoms with Crippen LogP contribution in [0.2, 0.25) is 0 Å².